The predicted molar refractivity (Wildman–Crippen MR) is 80.0 cm³/mol. The van der Waals surface area contributed by atoms with Crippen LogP contribution in [-0.2, 0) is 28.3 Å². The van der Waals surface area contributed by atoms with Crippen LogP contribution >= 0.6 is 0 Å². The van der Waals surface area contributed by atoms with E-state index in [1.54, 1.807) is 6.92 Å². The summed E-state index contributed by atoms with van der Waals surface area (Å²) in [5.74, 6) is -1.95. The van der Waals surface area contributed by atoms with E-state index >= 15 is 0 Å². The van der Waals surface area contributed by atoms with Gasteiger partial charge in [-0.05, 0) is 25.1 Å². The summed E-state index contributed by atoms with van der Waals surface area (Å²) in [6.07, 6.45) is 1.88. The van der Waals surface area contributed by atoms with Gasteiger partial charge in [0.1, 0.15) is 0 Å². The average Bonchev–Trinajstić information content (AvgIpc) is 2.49. The molecule has 6 nitrogen and oxygen atoms in total. The first-order valence-electron chi connectivity index (χ1n) is 7.16. The van der Waals surface area contributed by atoms with Gasteiger partial charge in [0.2, 0.25) is 0 Å². The molecule has 0 atom stereocenters. The molecular formula is C14H24O6Si. The Morgan fingerprint density at radius 3 is 1.76 bits per heavy atom. The van der Waals surface area contributed by atoms with Crippen LogP contribution in [0.15, 0.2) is 12.2 Å². The Hall–Kier alpha value is -1.63. The maximum Gasteiger partial charge on any atom is 0.331 e. The molecule has 120 valence electrons. The van der Waals surface area contributed by atoms with Crippen molar-refractivity contribution in [2.45, 2.75) is 45.8 Å². The lowest BCUT2D eigenvalue weighted by Gasteiger charge is -2.27. The molecule has 0 N–H and O–H groups in total. The molecule has 0 saturated carbocycles. The summed E-state index contributed by atoms with van der Waals surface area (Å²) < 4.78 is 14.8. The number of hydrogen-bond acceptors (Lipinski definition) is 6. The van der Waals surface area contributed by atoms with Crippen molar-refractivity contribution in [2.24, 2.45) is 0 Å². The van der Waals surface area contributed by atoms with Crippen LogP contribution in [0.4, 0.5) is 0 Å². The molecule has 0 heterocycles. The van der Waals surface area contributed by atoms with Gasteiger partial charge in [0.15, 0.2) is 6.61 Å². The molecule has 0 aliphatic heterocycles. The van der Waals surface area contributed by atoms with Crippen molar-refractivity contribution >= 4 is 26.2 Å². The smallest absolute Gasteiger partial charge is 0.331 e. The van der Waals surface area contributed by atoms with Crippen molar-refractivity contribution in [3.05, 3.63) is 12.2 Å². The van der Waals surface area contributed by atoms with E-state index in [0.29, 0.717) is 0 Å². The van der Waals surface area contributed by atoms with E-state index in [2.05, 4.69) is 4.74 Å². The fourth-order valence-electron chi connectivity index (χ4n) is 1.74. The molecule has 0 aromatic heterocycles. The van der Waals surface area contributed by atoms with E-state index in [-0.39, 0.29) is 6.61 Å². The van der Waals surface area contributed by atoms with Crippen LogP contribution in [0.1, 0.15) is 27.7 Å². The molecule has 0 amide bonds. The highest BCUT2D eigenvalue weighted by Gasteiger charge is 2.32. The van der Waals surface area contributed by atoms with Crippen LogP contribution in [0.2, 0.25) is 18.1 Å². The van der Waals surface area contributed by atoms with Gasteiger partial charge in [0, 0.05) is 12.2 Å². The summed E-state index contributed by atoms with van der Waals surface area (Å²) in [5, 5.41) is 0. The zero-order valence-corrected chi connectivity index (χ0v) is 14.1. The second kappa shape index (κ2) is 10.1. The molecule has 0 aromatic carbocycles. The molecule has 0 saturated heterocycles. The molecule has 0 bridgehead atoms. The van der Waals surface area contributed by atoms with Gasteiger partial charge in [0.05, 0.1) is 6.61 Å². The number of esters is 2. The zero-order valence-electron chi connectivity index (χ0n) is 13.1. The van der Waals surface area contributed by atoms with E-state index < -0.39 is 32.8 Å². The molecule has 0 fully saturated rings. The second-order valence-electron chi connectivity index (χ2n) is 4.41. The summed E-state index contributed by atoms with van der Waals surface area (Å²) in [7, 11) is -2.03. The minimum atomic E-state index is -2.03. The Balaban J connectivity index is 4.24. The van der Waals surface area contributed by atoms with Crippen molar-refractivity contribution in [1.82, 2.24) is 0 Å². The van der Waals surface area contributed by atoms with Gasteiger partial charge >= 0.3 is 17.9 Å². The maximum atomic E-state index is 11.7. The lowest BCUT2D eigenvalue weighted by Crippen LogP contribution is -2.39. The fraction of sp³-hybridized carbons (Fsp3) is 0.643. The number of rotatable bonds is 9. The molecule has 0 unspecified atom stereocenters. The van der Waals surface area contributed by atoms with Crippen LogP contribution in [0.25, 0.3) is 0 Å². The van der Waals surface area contributed by atoms with E-state index in [9.17, 15) is 14.4 Å². The third kappa shape index (κ3) is 7.65. The molecule has 0 aromatic rings. The Kier molecular flexibility index (Phi) is 9.36. The standard InChI is InChI=1S/C14H24O6Si/c1-5-18-12(15)9-10-13(16)19-11-14(17)20-21(6-2,7-3)8-4/h9-10H,5-8,11H2,1-4H3. The quantitative estimate of drug-likeness (QED) is 0.368. The molecular weight excluding hydrogens is 292 g/mol. The van der Waals surface area contributed by atoms with Gasteiger partial charge < -0.3 is 13.9 Å². The van der Waals surface area contributed by atoms with E-state index in [1.807, 2.05) is 20.8 Å². The van der Waals surface area contributed by atoms with Gasteiger partial charge in [0.25, 0.3) is 8.32 Å². The van der Waals surface area contributed by atoms with Crippen molar-refractivity contribution in [3.8, 4) is 0 Å². The van der Waals surface area contributed by atoms with Crippen LogP contribution in [0, 0.1) is 0 Å². The minimum absolute atomic E-state index is 0.225. The average molecular weight is 316 g/mol. The third-order valence-corrected chi connectivity index (χ3v) is 7.76. The number of ether oxygens (including phenoxy) is 2. The lowest BCUT2D eigenvalue weighted by molar-refractivity contribution is -0.150. The molecule has 0 rings (SSSR count). The largest absolute Gasteiger partial charge is 0.517 e. The topological polar surface area (TPSA) is 78.9 Å². The Bertz CT molecular complexity index is 379. The molecule has 0 aliphatic carbocycles. The molecule has 21 heavy (non-hydrogen) atoms. The van der Waals surface area contributed by atoms with Crippen LogP contribution in [0.5, 0.6) is 0 Å². The summed E-state index contributed by atoms with van der Waals surface area (Å²) in [5.41, 5.74) is 0. The maximum absolute atomic E-state index is 11.7. The number of carbonyl (C=O) groups is 3. The van der Waals surface area contributed by atoms with Gasteiger partial charge in [-0.15, -0.1) is 0 Å². The Labute approximate surface area is 126 Å². The van der Waals surface area contributed by atoms with E-state index in [0.717, 1.165) is 30.3 Å². The summed E-state index contributed by atoms with van der Waals surface area (Å²) >= 11 is 0. The predicted octanol–water partition coefficient (Wildman–Crippen LogP) is 2.20. The van der Waals surface area contributed by atoms with Gasteiger partial charge in [-0.3, -0.25) is 0 Å². The SMILES string of the molecule is CCOC(=O)C=CC(=O)OCC(=O)O[Si](CC)(CC)CC. The van der Waals surface area contributed by atoms with Crippen LogP contribution < -0.4 is 0 Å². The van der Waals surface area contributed by atoms with Crippen molar-refractivity contribution in [2.75, 3.05) is 13.2 Å². The van der Waals surface area contributed by atoms with E-state index in [1.165, 1.54) is 0 Å². The number of hydrogen-bond donors (Lipinski definition) is 0. The molecule has 0 spiro atoms. The number of carbonyl (C=O) groups excluding carboxylic acids is 3. The normalized spacial score (nSPS) is 11.2. The van der Waals surface area contributed by atoms with E-state index in [4.69, 9.17) is 9.16 Å². The molecule has 0 radical (unpaired) electrons. The molecule has 0 aliphatic rings. The Morgan fingerprint density at radius 2 is 1.33 bits per heavy atom. The second-order valence-corrected chi connectivity index (χ2v) is 9.10. The first-order valence-corrected chi connectivity index (χ1v) is 9.69. The first-order chi connectivity index (χ1) is 9.92. The fourth-order valence-corrected chi connectivity index (χ4v) is 4.22. The minimum Gasteiger partial charge on any atom is -0.517 e. The van der Waals surface area contributed by atoms with Crippen LogP contribution in [-0.4, -0.2) is 39.4 Å². The first kappa shape index (κ1) is 19.4. The third-order valence-electron chi connectivity index (χ3n) is 3.24. The van der Waals surface area contributed by atoms with Gasteiger partial charge in [-0.25, -0.2) is 14.4 Å². The van der Waals surface area contributed by atoms with Crippen LogP contribution in [0.3, 0.4) is 0 Å². The highest BCUT2D eigenvalue weighted by Crippen LogP contribution is 2.21. The summed E-state index contributed by atoms with van der Waals surface area (Å²) in [6.45, 7) is 7.44. The van der Waals surface area contributed by atoms with Crippen molar-refractivity contribution in [3.63, 3.8) is 0 Å². The van der Waals surface area contributed by atoms with Gasteiger partial charge in [-0.1, -0.05) is 20.8 Å². The monoisotopic (exact) mass is 316 g/mol. The summed E-state index contributed by atoms with van der Waals surface area (Å²) in [4.78, 5) is 34.0. The van der Waals surface area contributed by atoms with Crippen molar-refractivity contribution in [1.29, 1.82) is 0 Å². The summed E-state index contributed by atoms with van der Waals surface area (Å²) in [6, 6.07) is 2.51. The highest BCUT2D eigenvalue weighted by atomic mass is 28.4. The zero-order chi connectivity index (χ0) is 16.3. The van der Waals surface area contributed by atoms with Crippen molar-refractivity contribution < 1.29 is 28.3 Å². The lowest BCUT2D eigenvalue weighted by atomic mass is 10.5. The van der Waals surface area contributed by atoms with Gasteiger partial charge in [-0.2, -0.15) is 0 Å². The highest BCUT2D eigenvalue weighted by molar-refractivity contribution is 6.74. The Morgan fingerprint density at radius 1 is 0.857 bits per heavy atom. The molecule has 7 heteroatoms.